The lowest BCUT2D eigenvalue weighted by molar-refractivity contribution is -0.141. The van der Waals surface area contributed by atoms with E-state index in [4.69, 9.17) is 4.74 Å². The number of ether oxygens (including phenoxy) is 1. The van der Waals surface area contributed by atoms with Gasteiger partial charge in [-0.1, -0.05) is 6.92 Å². The molecule has 0 spiro atoms. The van der Waals surface area contributed by atoms with E-state index in [9.17, 15) is 22.8 Å². The molecule has 1 saturated carbocycles. The Balaban J connectivity index is 1.97. The Morgan fingerprint density at radius 3 is 2.56 bits per heavy atom. The van der Waals surface area contributed by atoms with Gasteiger partial charge in [0.05, 0.1) is 12.2 Å². The number of fused-ring (bicyclic) bond motifs is 1. The molecule has 0 atom stereocenters. The van der Waals surface area contributed by atoms with Gasteiger partial charge in [0.1, 0.15) is 12.3 Å². The summed E-state index contributed by atoms with van der Waals surface area (Å²) in [5, 5.41) is 2.71. The zero-order valence-electron chi connectivity index (χ0n) is 15.2. The average molecular weight is 382 g/mol. The Bertz CT molecular complexity index is 798. The molecule has 1 heterocycles. The third kappa shape index (κ3) is 4.09. The summed E-state index contributed by atoms with van der Waals surface area (Å²) in [5.74, 6) is -0.521. The molecule has 146 valence electrons. The second kappa shape index (κ2) is 7.25. The van der Waals surface area contributed by atoms with Gasteiger partial charge in [0.2, 0.25) is 0 Å². The number of rotatable bonds is 6. The zero-order valence-corrected chi connectivity index (χ0v) is 15.2. The molecule has 0 radical (unpaired) electrons. The molecular formula is C19H21F3N2O3. The van der Waals surface area contributed by atoms with Crippen molar-refractivity contribution in [2.75, 3.05) is 18.5 Å². The minimum Gasteiger partial charge on any atom is -0.497 e. The van der Waals surface area contributed by atoms with Crippen LogP contribution in [0.5, 0.6) is 0 Å². The quantitative estimate of drug-likeness (QED) is 0.598. The lowest BCUT2D eigenvalue weighted by Crippen LogP contribution is -2.40. The van der Waals surface area contributed by atoms with E-state index in [1.165, 1.54) is 12.1 Å². The molecule has 1 aromatic rings. The first-order chi connectivity index (χ1) is 12.7. The second-order valence-electron chi connectivity index (χ2n) is 6.58. The molecule has 0 aromatic heterocycles. The number of hydrogen-bond acceptors (Lipinski definition) is 3. The maximum Gasteiger partial charge on any atom is 0.406 e. The van der Waals surface area contributed by atoms with Crippen molar-refractivity contribution in [1.82, 2.24) is 4.90 Å². The highest BCUT2D eigenvalue weighted by molar-refractivity contribution is 6.32. The molecular weight excluding hydrogens is 361 g/mol. The predicted octanol–water partition coefficient (Wildman–Crippen LogP) is 3.96. The summed E-state index contributed by atoms with van der Waals surface area (Å²) in [6.45, 7) is 2.76. The Morgan fingerprint density at radius 1 is 1.30 bits per heavy atom. The summed E-state index contributed by atoms with van der Waals surface area (Å²) in [5.41, 5.74) is 1.47. The molecule has 8 heteroatoms. The third-order valence-corrected chi connectivity index (χ3v) is 4.53. The minimum atomic E-state index is -4.46. The van der Waals surface area contributed by atoms with E-state index >= 15 is 0 Å². The van der Waals surface area contributed by atoms with Crippen molar-refractivity contribution in [3.8, 4) is 0 Å². The van der Waals surface area contributed by atoms with Crippen LogP contribution in [0.15, 0.2) is 24.0 Å². The fourth-order valence-corrected chi connectivity index (χ4v) is 3.21. The number of anilines is 1. The van der Waals surface area contributed by atoms with Crippen LogP contribution in [0.2, 0.25) is 0 Å². The summed E-state index contributed by atoms with van der Waals surface area (Å²) in [6, 6.07) is 4.09. The molecule has 1 fully saturated rings. The SMILES string of the molecule is CCO/C(CC)=C1\C(=O)Nc2ccc(C(=O)N(CC(F)(F)F)C3CC3)cc21. The van der Waals surface area contributed by atoms with Crippen LogP contribution in [-0.4, -0.2) is 42.1 Å². The largest absolute Gasteiger partial charge is 0.497 e. The normalized spacial score (nSPS) is 18.0. The van der Waals surface area contributed by atoms with Gasteiger partial charge in [0, 0.05) is 29.3 Å². The van der Waals surface area contributed by atoms with Crippen molar-refractivity contribution in [2.24, 2.45) is 0 Å². The van der Waals surface area contributed by atoms with Crippen LogP contribution < -0.4 is 5.32 Å². The molecule has 1 aliphatic carbocycles. The number of carbonyl (C=O) groups is 2. The van der Waals surface area contributed by atoms with E-state index in [0.717, 1.165) is 4.90 Å². The highest BCUT2D eigenvalue weighted by Gasteiger charge is 2.41. The average Bonchev–Trinajstić information content (AvgIpc) is 3.39. The molecule has 0 bridgehead atoms. The minimum absolute atomic E-state index is 0.130. The Labute approximate surface area is 155 Å². The first kappa shape index (κ1) is 19.3. The van der Waals surface area contributed by atoms with Gasteiger partial charge in [0.25, 0.3) is 11.8 Å². The van der Waals surface area contributed by atoms with E-state index in [-0.39, 0.29) is 17.5 Å². The molecule has 2 aliphatic rings. The van der Waals surface area contributed by atoms with Crippen molar-refractivity contribution in [2.45, 2.75) is 45.3 Å². The van der Waals surface area contributed by atoms with Gasteiger partial charge >= 0.3 is 6.18 Å². The van der Waals surface area contributed by atoms with Crippen LogP contribution in [0.1, 0.15) is 49.0 Å². The first-order valence-corrected chi connectivity index (χ1v) is 8.94. The van der Waals surface area contributed by atoms with Gasteiger partial charge in [-0.15, -0.1) is 0 Å². The highest BCUT2D eigenvalue weighted by Crippen LogP contribution is 2.37. The summed E-state index contributed by atoms with van der Waals surface area (Å²) < 4.78 is 44.1. The standard InChI is InChI=1S/C19H21F3N2O3/c1-3-15(27-4-2)16-13-9-11(5-8-14(13)23-17(16)25)18(26)24(12-6-7-12)10-19(20,21)22/h5,8-9,12H,3-4,6-7,10H2,1-2H3,(H,23,25)/b16-15-. The van der Waals surface area contributed by atoms with Gasteiger partial charge in [-0.05, 0) is 38.0 Å². The molecule has 0 unspecified atom stereocenters. The van der Waals surface area contributed by atoms with E-state index < -0.39 is 18.6 Å². The Kier molecular flexibility index (Phi) is 5.17. The second-order valence-corrected chi connectivity index (χ2v) is 6.58. The topological polar surface area (TPSA) is 58.6 Å². The van der Waals surface area contributed by atoms with Crippen molar-refractivity contribution >= 4 is 23.1 Å². The molecule has 3 rings (SSSR count). The van der Waals surface area contributed by atoms with Crippen molar-refractivity contribution < 1.29 is 27.5 Å². The molecule has 27 heavy (non-hydrogen) atoms. The van der Waals surface area contributed by atoms with E-state index in [1.54, 1.807) is 13.0 Å². The van der Waals surface area contributed by atoms with Gasteiger partial charge < -0.3 is 15.0 Å². The van der Waals surface area contributed by atoms with Crippen LogP contribution in [0.25, 0.3) is 5.57 Å². The summed E-state index contributed by atoms with van der Waals surface area (Å²) in [7, 11) is 0. The lowest BCUT2D eigenvalue weighted by atomic mass is 10.0. The van der Waals surface area contributed by atoms with Crippen molar-refractivity contribution in [3.05, 3.63) is 35.1 Å². The molecule has 1 N–H and O–H groups in total. The molecule has 1 aromatic carbocycles. The highest BCUT2D eigenvalue weighted by atomic mass is 19.4. The number of amides is 2. The number of nitrogens with one attached hydrogen (secondary N) is 1. The first-order valence-electron chi connectivity index (χ1n) is 8.94. The fourth-order valence-electron chi connectivity index (χ4n) is 3.21. The fraction of sp³-hybridized carbons (Fsp3) is 0.474. The number of nitrogens with zero attached hydrogens (tertiary/aromatic N) is 1. The number of halogens is 3. The van der Waals surface area contributed by atoms with E-state index in [0.29, 0.717) is 48.5 Å². The number of alkyl halides is 3. The summed E-state index contributed by atoms with van der Waals surface area (Å²) >= 11 is 0. The van der Waals surface area contributed by atoms with Gasteiger partial charge in [0.15, 0.2) is 0 Å². The van der Waals surface area contributed by atoms with E-state index in [1.807, 2.05) is 6.92 Å². The van der Waals surface area contributed by atoms with Gasteiger partial charge in [-0.25, -0.2) is 0 Å². The predicted molar refractivity (Wildman–Crippen MR) is 94.0 cm³/mol. The number of carbonyl (C=O) groups excluding carboxylic acids is 2. The van der Waals surface area contributed by atoms with E-state index in [2.05, 4.69) is 5.32 Å². The summed E-state index contributed by atoms with van der Waals surface area (Å²) in [6.07, 6.45) is -2.83. The monoisotopic (exact) mass is 382 g/mol. The molecule has 1 aliphatic heterocycles. The lowest BCUT2D eigenvalue weighted by Gasteiger charge is -2.24. The Morgan fingerprint density at radius 2 is 2.00 bits per heavy atom. The number of allylic oxidation sites excluding steroid dienone is 1. The van der Waals surface area contributed by atoms with Crippen LogP contribution in [0.4, 0.5) is 18.9 Å². The number of benzene rings is 1. The third-order valence-electron chi connectivity index (χ3n) is 4.53. The van der Waals surface area contributed by atoms with Crippen LogP contribution >= 0.6 is 0 Å². The van der Waals surface area contributed by atoms with Crippen molar-refractivity contribution in [3.63, 3.8) is 0 Å². The van der Waals surface area contributed by atoms with Gasteiger partial charge in [-0.3, -0.25) is 9.59 Å². The van der Waals surface area contributed by atoms with Crippen LogP contribution in [0.3, 0.4) is 0 Å². The maximum atomic E-state index is 12.9. The molecule has 2 amide bonds. The van der Waals surface area contributed by atoms with Gasteiger partial charge in [-0.2, -0.15) is 13.2 Å². The summed E-state index contributed by atoms with van der Waals surface area (Å²) in [4.78, 5) is 25.9. The molecule has 0 saturated heterocycles. The van der Waals surface area contributed by atoms with Crippen LogP contribution in [0, 0.1) is 0 Å². The Hall–Kier alpha value is -2.51. The molecule has 5 nitrogen and oxygen atoms in total. The van der Waals surface area contributed by atoms with Crippen molar-refractivity contribution in [1.29, 1.82) is 0 Å². The number of hydrogen-bond donors (Lipinski definition) is 1. The zero-order chi connectivity index (χ0) is 19.8. The maximum absolute atomic E-state index is 12.9. The smallest absolute Gasteiger partial charge is 0.406 e. The van der Waals surface area contributed by atoms with Crippen LogP contribution in [-0.2, 0) is 9.53 Å².